The number of ether oxygens (including phenoxy) is 2. The molecule has 3 heterocycles. The lowest BCUT2D eigenvalue weighted by molar-refractivity contribution is -0.0926. The van der Waals surface area contributed by atoms with Gasteiger partial charge in [-0.2, -0.15) is 4.39 Å². The van der Waals surface area contributed by atoms with Crippen LogP contribution in [0.5, 0.6) is 0 Å². The second-order valence-electron chi connectivity index (χ2n) is 16.7. The van der Waals surface area contributed by atoms with Crippen molar-refractivity contribution in [1.82, 2.24) is 19.5 Å². The van der Waals surface area contributed by atoms with Gasteiger partial charge in [0.25, 0.3) is 5.56 Å². The second kappa shape index (κ2) is 15.2. The summed E-state index contributed by atoms with van der Waals surface area (Å²) in [6, 6.07) is 6.26. The molecular weight excluding hydrogens is 735 g/mol. The first kappa shape index (κ1) is 42.7. The van der Waals surface area contributed by atoms with Gasteiger partial charge >= 0.3 is 13.4 Å². The minimum absolute atomic E-state index is 0.0105. The van der Waals surface area contributed by atoms with Gasteiger partial charge in [0.15, 0.2) is 18.2 Å². The predicted molar refractivity (Wildman–Crippen MR) is 198 cm³/mol. The molecule has 52 heavy (non-hydrogen) atoms. The van der Waals surface area contributed by atoms with Crippen LogP contribution in [0.3, 0.4) is 0 Å². The standard InChI is InChI=1S/C34H56FN4O10PSSi/c1-22-11-13-24(14-12-22)51(45,46)34(21-38(8)50(42,43)44,16-15-28-37-33(6,7)18-23(2)47-28)19-27-26(49-52(9,10)32(3,4)5)17-29(48-27)39-20-25(35)30(40)36-31(39)41/h11-14,20,23,26-29,37H,15-19,21H2,1-10H3,(H,36,40,41)(H2,42,43,44)/t23?,26-,27+,28?,29+,34?/m0/s1. The lowest BCUT2D eigenvalue weighted by Crippen LogP contribution is -2.56. The van der Waals surface area contributed by atoms with Crippen molar-refractivity contribution >= 4 is 25.9 Å². The fraction of sp³-hybridized carbons (Fsp3) is 0.706. The van der Waals surface area contributed by atoms with E-state index in [-0.39, 0.29) is 47.3 Å². The largest absolute Gasteiger partial charge is 0.411 e. The molecule has 14 nitrogen and oxygen atoms in total. The first-order valence-corrected chi connectivity index (χ1v) is 23.5. The maximum atomic E-state index is 15.1. The van der Waals surface area contributed by atoms with Crippen LogP contribution in [0.15, 0.2) is 44.9 Å². The van der Waals surface area contributed by atoms with E-state index >= 15 is 8.42 Å². The Morgan fingerprint density at radius 1 is 1.15 bits per heavy atom. The predicted octanol–water partition coefficient (Wildman–Crippen LogP) is 4.57. The summed E-state index contributed by atoms with van der Waals surface area (Å²) < 4.78 is 76.8. The zero-order chi connectivity index (χ0) is 39.2. The minimum Gasteiger partial charge on any atom is -0.411 e. The molecule has 0 spiro atoms. The van der Waals surface area contributed by atoms with Gasteiger partial charge in [0, 0.05) is 18.5 Å². The van der Waals surface area contributed by atoms with E-state index in [4.69, 9.17) is 13.9 Å². The number of H-pyrrole nitrogens is 1. The number of halogens is 1. The fourth-order valence-electron chi connectivity index (χ4n) is 6.94. The summed E-state index contributed by atoms with van der Waals surface area (Å²) in [5.41, 5.74) is -1.62. The van der Waals surface area contributed by atoms with E-state index in [1.54, 1.807) is 12.1 Å². The van der Waals surface area contributed by atoms with Gasteiger partial charge in [-0.1, -0.05) is 38.5 Å². The Hall–Kier alpha value is -2.05. The molecule has 2 aliphatic heterocycles. The van der Waals surface area contributed by atoms with E-state index in [1.807, 2.05) is 66.5 Å². The van der Waals surface area contributed by atoms with Gasteiger partial charge < -0.3 is 23.7 Å². The van der Waals surface area contributed by atoms with Crippen molar-refractivity contribution in [3.63, 3.8) is 0 Å². The Labute approximate surface area is 306 Å². The topological polar surface area (TPSA) is 189 Å². The SMILES string of the molecule is Cc1ccc(S(=O)(=O)C(CCC2NC(C)(C)CC(C)O2)(C[C@H]2O[C@@H](n3cc(F)c(=O)[nH]c3=O)C[C@@H]2O[Si](C)(C)C(C)(C)C)CN(C)P(=O)(O)O)cc1. The molecular formula is C34H56FN4O10PSSi. The highest BCUT2D eigenvalue weighted by molar-refractivity contribution is 7.93. The Morgan fingerprint density at radius 2 is 1.77 bits per heavy atom. The van der Waals surface area contributed by atoms with Crippen LogP contribution >= 0.6 is 7.75 Å². The molecule has 0 bridgehead atoms. The molecule has 18 heteroatoms. The number of sulfone groups is 1. The molecule has 0 amide bonds. The molecule has 0 radical (unpaired) electrons. The molecule has 3 unspecified atom stereocenters. The Bertz CT molecular complexity index is 1860. The van der Waals surface area contributed by atoms with E-state index < -0.39 is 78.9 Å². The summed E-state index contributed by atoms with van der Waals surface area (Å²) in [6.07, 6.45) is -2.53. The molecule has 2 aromatic rings. The highest BCUT2D eigenvalue weighted by Gasteiger charge is 2.54. The average molecular weight is 791 g/mol. The highest BCUT2D eigenvalue weighted by atomic mass is 32.2. The first-order valence-electron chi connectivity index (χ1n) is 17.5. The highest BCUT2D eigenvalue weighted by Crippen LogP contribution is 2.48. The van der Waals surface area contributed by atoms with Crippen molar-refractivity contribution < 1.29 is 41.1 Å². The third-order valence-corrected chi connectivity index (χ3v) is 18.8. The van der Waals surface area contributed by atoms with E-state index in [0.29, 0.717) is 6.42 Å². The van der Waals surface area contributed by atoms with Crippen molar-refractivity contribution in [1.29, 1.82) is 0 Å². The van der Waals surface area contributed by atoms with Gasteiger partial charge in [-0.05, 0) is 90.7 Å². The van der Waals surface area contributed by atoms with Crippen LogP contribution in [-0.4, -0.2) is 89.2 Å². The van der Waals surface area contributed by atoms with Gasteiger partial charge in [0.2, 0.25) is 5.82 Å². The molecule has 4 rings (SSSR count). The zero-order valence-corrected chi connectivity index (χ0v) is 34.5. The summed E-state index contributed by atoms with van der Waals surface area (Å²) in [4.78, 5) is 47.3. The van der Waals surface area contributed by atoms with Crippen LogP contribution in [-0.2, 0) is 28.3 Å². The first-order chi connectivity index (χ1) is 23.7. The normalized spacial score (nSPS) is 25.7. The summed E-state index contributed by atoms with van der Waals surface area (Å²) in [5, 5.41) is 3.14. The lowest BCUT2D eigenvalue weighted by atomic mass is 9.90. The van der Waals surface area contributed by atoms with Gasteiger partial charge in [-0.3, -0.25) is 19.7 Å². The van der Waals surface area contributed by atoms with E-state index in [2.05, 4.69) is 5.32 Å². The van der Waals surface area contributed by atoms with Crippen LogP contribution in [0.4, 0.5) is 4.39 Å². The van der Waals surface area contributed by atoms with Gasteiger partial charge in [0.1, 0.15) is 12.5 Å². The smallest absolute Gasteiger partial charge is 0.402 e. The van der Waals surface area contributed by atoms with E-state index in [9.17, 15) is 28.3 Å². The van der Waals surface area contributed by atoms with Gasteiger partial charge in [-0.25, -0.2) is 22.4 Å². The Balaban J connectivity index is 1.90. The summed E-state index contributed by atoms with van der Waals surface area (Å²) >= 11 is 0. The molecule has 1 aromatic carbocycles. The van der Waals surface area contributed by atoms with Crippen molar-refractivity contribution in [2.75, 3.05) is 13.6 Å². The van der Waals surface area contributed by atoms with Crippen LogP contribution in [0.2, 0.25) is 18.1 Å². The molecule has 4 N–H and O–H groups in total. The number of nitrogens with zero attached hydrogens (tertiary/aromatic N) is 2. The van der Waals surface area contributed by atoms with Crippen LogP contribution in [0, 0.1) is 12.7 Å². The lowest BCUT2D eigenvalue weighted by Gasteiger charge is -2.44. The van der Waals surface area contributed by atoms with Crippen LogP contribution in [0.1, 0.15) is 85.4 Å². The van der Waals surface area contributed by atoms with Crippen molar-refractivity contribution in [2.45, 2.75) is 145 Å². The number of aromatic nitrogens is 2. The number of hydrogen-bond donors (Lipinski definition) is 4. The van der Waals surface area contributed by atoms with Gasteiger partial charge in [-0.15, -0.1) is 0 Å². The number of rotatable bonds is 13. The average Bonchev–Trinajstić information content (AvgIpc) is 3.36. The molecule has 2 fully saturated rings. The number of aromatic amines is 1. The zero-order valence-electron chi connectivity index (χ0n) is 31.8. The second-order valence-corrected chi connectivity index (χ2v) is 25.5. The Kier molecular flexibility index (Phi) is 12.5. The number of nitrogens with one attached hydrogen (secondary N) is 2. The van der Waals surface area contributed by atoms with Crippen LogP contribution in [0.25, 0.3) is 0 Å². The minimum atomic E-state index is -4.97. The summed E-state index contributed by atoms with van der Waals surface area (Å²) in [5.74, 6) is -1.20. The molecule has 2 aliphatic rings. The van der Waals surface area contributed by atoms with Crippen molar-refractivity contribution in [2.24, 2.45) is 0 Å². The third kappa shape index (κ3) is 9.59. The maximum Gasteiger partial charge on any atom is 0.402 e. The quantitative estimate of drug-likeness (QED) is 0.164. The molecule has 2 saturated heterocycles. The van der Waals surface area contributed by atoms with E-state index in [1.165, 1.54) is 19.2 Å². The monoisotopic (exact) mass is 790 g/mol. The van der Waals surface area contributed by atoms with E-state index in [0.717, 1.165) is 21.0 Å². The number of benzene rings is 1. The summed E-state index contributed by atoms with van der Waals surface area (Å²) in [7, 11) is -10.8. The third-order valence-electron chi connectivity index (χ3n) is 10.7. The van der Waals surface area contributed by atoms with Crippen molar-refractivity contribution in [3.05, 3.63) is 62.7 Å². The fourth-order valence-corrected chi connectivity index (χ4v) is 11.0. The molecule has 0 aliphatic carbocycles. The molecule has 1 aromatic heterocycles. The Morgan fingerprint density at radius 3 is 2.33 bits per heavy atom. The molecule has 0 saturated carbocycles. The number of hydrogen-bond acceptors (Lipinski definition) is 9. The van der Waals surface area contributed by atoms with Crippen molar-refractivity contribution in [3.8, 4) is 0 Å². The number of aryl methyl sites for hydroxylation is 1. The van der Waals surface area contributed by atoms with Gasteiger partial charge in [0.05, 0.1) is 34.2 Å². The molecule has 294 valence electrons. The molecule has 6 atom stereocenters. The van der Waals surface area contributed by atoms with Crippen LogP contribution < -0.4 is 16.6 Å². The summed E-state index contributed by atoms with van der Waals surface area (Å²) in [6.45, 7) is 17.3. The maximum absolute atomic E-state index is 15.1.